The number of carbonyl (C=O) groups is 1. The van der Waals surface area contributed by atoms with Crippen molar-refractivity contribution in [3.05, 3.63) is 76.3 Å². The van der Waals surface area contributed by atoms with Gasteiger partial charge < -0.3 is 9.64 Å². The Labute approximate surface area is 226 Å². The molecule has 204 valence electrons. The summed E-state index contributed by atoms with van der Waals surface area (Å²) >= 11 is 5.66. The fraction of sp³-hybridized carbons (Fsp3) is 0.448. The number of halogens is 4. The molecule has 0 fully saturated rings. The molecule has 0 aliphatic carbocycles. The van der Waals surface area contributed by atoms with E-state index in [1.165, 1.54) is 35.2 Å². The van der Waals surface area contributed by atoms with E-state index in [9.17, 15) is 22.4 Å². The number of anilines is 1. The molecule has 4 nitrogen and oxygen atoms in total. The summed E-state index contributed by atoms with van der Waals surface area (Å²) in [5, 5.41) is 0. The fourth-order valence-electron chi connectivity index (χ4n) is 5.17. The van der Waals surface area contributed by atoms with Crippen molar-refractivity contribution in [3.63, 3.8) is 0 Å². The molecule has 0 aromatic heterocycles. The zero-order valence-corrected chi connectivity index (χ0v) is 22.6. The number of hydrogen-bond donors (Lipinski definition) is 0. The van der Waals surface area contributed by atoms with Crippen molar-refractivity contribution >= 4 is 28.8 Å². The number of nitrogens with zero attached hydrogens (tertiary/aromatic N) is 2. The largest absolute Gasteiger partial charge is 0.463 e. The number of unbranched alkanes of at least 4 members (excludes halogenated alkanes) is 3. The molecule has 2 aromatic carbocycles. The maximum Gasteiger partial charge on any atom is 0.416 e. The summed E-state index contributed by atoms with van der Waals surface area (Å²) in [5.74, 6) is -0.488. The van der Waals surface area contributed by atoms with Gasteiger partial charge in [0.1, 0.15) is 16.6 Å². The van der Waals surface area contributed by atoms with Gasteiger partial charge in [-0.2, -0.15) is 13.2 Å². The van der Waals surface area contributed by atoms with Gasteiger partial charge in [0.25, 0.3) is 5.91 Å². The average Bonchev–Trinajstić information content (AvgIpc) is 2.97. The fourth-order valence-corrected chi connectivity index (χ4v) is 5.39. The topological polar surface area (TPSA) is 32.8 Å². The summed E-state index contributed by atoms with van der Waals surface area (Å²) in [4.78, 5) is 17.7. The molecule has 4 rings (SSSR count). The van der Waals surface area contributed by atoms with Crippen molar-refractivity contribution < 1.29 is 27.1 Å². The second kappa shape index (κ2) is 11.0. The minimum atomic E-state index is -4.62. The summed E-state index contributed by atoms with van der Waals surface area (Å²) in [7, 11) is 1.70. The normalized spacial score (nSPS) is 19.8. The highest BCUT2D eigenvalue weighted by Gasteiger charge is 2.54. The van der Waals surface area contributed by atoms with Gasteiger partial charge in [-0.1, -0.05) is 57.5 Å². The van der Waals surface area contributed by atoms with Crippen LogP contribution in [0.2, 0.25) is 0 Å². The van der Waals surface area contributed by atoms with E-state index in [0.29, 0.717) is 34.8 Å². The Morgan fingerprint density at radius 1 is 1.03 bits per heavy atom. The standard InChI is InChI=1S/C29H32F4N2O2S/c1-4-6-8-13-25-22(12-7-5-2)27(36)35-18-26(38)34(3)24-15-14-21(30)17-23(24)28(35,37-25)19-10-9-11-20(16-19)29(31,32)33/h9-11,14-17H,4-8,12-13,18H2,1-3H3. The van der Waals surface area contributed by atoms with Crippen molar-refractivity contribution in [1.82, 2.24) is 4.90 Å². The van der Waals surface area contributed by atoms with Crippen LogP contribution in [-0.2, 0) is 21.4 Å². The molecule has 2 aromatic rings. The zero-order chi connectivity index (χ0) is 27.7. The summed E-state index contributed by atoms with van der Waals surface area (Å²) in [6.45, 7) is 4.01. The maximum absolute atomic E-state index is 14.8. The molecule has 0 bridgehead atoms. The van der Waals surface area contributed by atoms with Crippen LogP contribution < -0.4 is 4.90 Å². The lowest BCUT2D eigenvalue weighted by molar-refractivity contribution is -0.160. The predicted octanol–water partition coefficient (Wildman–Crippen LogP) is 7.71. The van der Waals surface area contributed by atoms with E-state index in [1.54, 1.807) is 11.9 Å². The lowest BCUT2D eigenvalue weighted by Gasteiger charge is -2.47. The molecule has 1 atom stereocenters. The van der Waals surface area contributed by atoms with E-state index in [0.717, 1.165) is 44.2 Å². The first-order valence-corrected chi connectivity index (χ1v) is 13.4. The highest BCUT2D eigenvalue weighted by Crippen LogP contribution is 2.50. The second-order valence-electron chi connectivity index (χ2n) is 9.79. The summed E-state index contributed by atoms with van der Waals surface area (Å²) in [5.41, 5.74) is -1.41. The van der Waals surface area contributed by atoms with Crippen LogP contribution in [0.3, 0.4) is 0 Å². The number of allylic oxidation sites excluding steroid dienone is 1. The van der Waals surface area contributed by atoms with E-state index in [4.69, 9.17) is 17.0 Å². The number of amides is 1. The Hall–Kier alpha value is -2.94. The van der Waals surface area contributed by atoms with Gasteiger partial charge >= 0.3 is 6.18 Å². The van der Waals surface area contributed by atoms with E-state index >= 15 is 0 Å². The quantitative estimate of drug-likeness (QED) is 0.192. The Morgan fingerprint density at radius 2 is 1.76 bits per heavy atom. The molecule has 0 saturated carbocycles. The summed E-state index contributed by atoms with van der Waals surface area (Å²) < 4.78 is 63.2. The van der Waals surface area contributed by atoms with Crippen LogP contribution in [0.5, 0.6) is 0 Å². The molecular weight excluding hydrogens is 516 g/mol. The summed E-state index contributed by atoms with van der Waals surface area (Å²) in [6.07, 6.45) is 0.521. The SMILES string of the molecule is CCCCCC1=C(CCCC)C(=O)N2CC(=S)N(C)c3ccc(F)cc3C2(c2cccc(C(F)(F)F)c2)O1. The minimum absolute atomic E-state index is 0.0743. The van der Waals surface area contributed by atoms with E-state index in [-0.39, 0.29) is 23.6 Å². The van der Waals surface area contributed by atoms with Crippen LogP contribution in [0.4, 0.5) is 23.2 Å². The molecular formula is C29H32F4N2O2S. The van der Waals surface area contributed by atoms with Gasteiger partial charge in [-0.05, 0) is 49.6 Å². The molecule has 0 spiro atoms. The van der Waals surface area contributed by atoms with Gasteiger partial charge in [-0.25, -0.2) is 4.39 Å². The molecule has 0 N–H and O–H groups in total. The van der Waals surface area contributed by atoms with Gasteiger partial charge in [0, 0.05) is 24.6 Å². The van der Waals surface area contributed by atoms with Crippen LogP contribution in [-0.4, -0.2) is 29.4 Å². The second-order valence-corrected chi connectivity index (χ2v) is 10.3. The van der Waals surface area contributed by atoms with Crippen LogP contribution >= 0.6 is 12.2 Å². The highest BCUT2D eigenvalue weighted by atomic mass is 32.1. The number of carbonyl (C=O) groups excluding carboxylic acids is 1. The van der Waals surface area contributed by atoms with Crippen molar-refractivity contribution in [2.45, 2.75) is 70.7 Å². The lowest BCUT2D eigenvalue weighted by Crippen LogP contribution is -2.56. The van der Waals surface area contributed by atoms with E-state index < -0.39 is 23.3 Å². The van der Waals surface area contributed by atoms with Gasteiger partial charge in [-0.3, -0.25) is 9.69 Å². The maximum atomic E-state index is 14.8. The third-order valence-electron chi connectivity index (χ3n) is 7.21. The summed E-state index contributed by atoms with van der Waals surface area (Å²) in [6, 6.07) is 8.78. The molecule has 1 amide bonds. The predicted molar refractivity (Wildman–Crippen MR) is 143 cm³/mol. The molecule has 0 radical (unpaired) electrons. The highest BCUT2D eigenvalue weighted by molar-refractivity contribution is 7.80. The first-order valence-electron chi connectivity index (χ1n) is 13.0. The van der Waals surface area contributed by atoms with Crippen LogP contribution in [0.15, 0.2) is 53.8 Å². The lowest BCUT2D eigenvalue weighted by atomic mass is 9.87. The van der Waals surface area contributed by atoms with Crippen molar-refractivity contribution in [2.75, 3.05) is 18.5 Å². The monoisotopic (exact) mass is 548 g/mol. The number of hydrogen-bond acceptors (Lipinski definition) is 3. The van der Waals surface area contributed by atoms with Gasteiger partial charge in [-0.15, -0.1) is 0 Å². The number of ether oxygens (including phenoxy) is 1. The molecule has 2 heterocycles. The van der Waals surface area contributed by atoms with Crippen molar-refractivity contribution in [1.29, 1.82) is 0 Å². The average molecular weight is 549 g/mol. The number of rotatable bonds is 8. The minimum Gasteiger partial charge on any atom is -0.463 e. The molecule has 2 aliphatic heterocycles. The number of thiocarbonyl (C=S) groups is 1. The van der Waals surface area contributed by atoms with Gasteiger partial charge in [0.2, 0.25) is 5.72 Å². The zero-order valence-electron chi connectivity index (χ0n) is 21.8. The van der Waals surface area contributed by atoms with E-state index in [1.807, 2.05) is 6.92 Å². The van der Waals surface area contributed by atoms with Gasteiger partial charge in [0.05, 0.1) is 23.4 Å². The molecule has 1 unspecified atom stereocenters. The number of benzene rings is 2. The smallest absolute Gasteiger partial charge is 0.416 e. The number of likely N-dealkylation sites (N-methyl/N-ethyl adjacent to an activating group) is 1. The van der Waals surface area contributed by atoms with Crippen molar-refractivity contribution in [2.24, 2.45) is 0 Å². The molecule has 2 aliphatic rings. The van der Waals surface area contributed by atoms with Gasteiger partial charge in [0.15, 0.2) is 0 Å². The van der Waals surface area contributed by atoms with E-state index in [2.05, 4.69) is 6.92 Å². The third-order valence-corrected chi connectivity index (χ3v) is 7.62. The Kier molecular flexibility index (Phi) is 8.16. The first-order chi connectivity index (χ1) is 18.0. The Morgan fingerprint density at radius 3 is 2.45 bits per heavy atom. The number of fused-ring (bicyclic) bond motifs is 3. The molecule has 9 heteroatoms. The third kappa shape index (κ3) is 5.05. The van der Waals surface area contributed by atoms with Crippen LogP contribution in [0.1, 0.15) is 75.5 Å². The van der Waals surface area contributed by atoms with Crippen LogP contribution in [0, 0.1) is 5.82 Å². The molecule has 38 heavy (non-hydrogen) atoms. The number of alkyl halides is 3. The Bertz CT molecular complexity index is 1260. The van der Waals surface area contributed by atoms with Crippen LogP contribution in [0.25, 0.3) is 0 Å². The van der Waals surface area contributed by atoms with Crippen molar-refractivity contribution in [3.8, 4) is 0 Å². The molecule has 0 saturated heterocycles. The first kappa shape index (κ1) is 28.1. The Balaban J connectivity index is 2.05.